The Bertz CT molecular complexity index is 963. The van der Waals surface area contributed by atoms with Crippen LogP contribution >= 0.6 is 0 Å². The SMILES string of the molecule is [C-]#[N+]c1ccc(C(=O)NC(CCCCCCCc2ccc3c(n2)CCCC3)C(=O)O)cc1. The summed E-state index contributed by atoms with van der Waals surface area (Å²) in [6.45, 7) is 6.95. The number of carboxylic acids is 1. The first-order chi connectivity index (χ1) is 15.6. The van der Waals surface area contributed by atoms with Gasteiger partial charge in [-0.3, -0.25) is 9.78 Å². The van der Waals surface area contributed by atoms with Crippen molar-refractivity contribution in [2.75, 3.05) is 0 Å². The predicted molar refractivity (Wildman–Crippen MR) is 124 cm³/mol. The third-order valence-electron chi connectivity index (χ3n) is 6.02. The van der Waals surface area contributed by atoms with Gasteiger partial charge in [0.2, 0.25) is 0 Å². The number of amides is 1. The Morgan fingerprint density at radius 1 is 1.00 bits per heavy atom. The van der Waals surface area contributed by atoms with Gasteiger partial charge < -0.3 is 10.4 Å². The number of nitrogens with one attached hydrogen (secondary N) is 1. The summed E-state index contributed by atoms with van der Waals surface area (Å²) in [6, 6.07) is 9.70. The molecule has 6 nitrogen and oxygen atoms in total. The summed E-state index contributed by atoms with van der Waals surface area (Å²) in [5.74, 6) is -1.44. The Hall–Kier alpha value is -3.20. The maximum Gasteiger partial charge on any atom is 0.326 e. The molecule has 1 atom stereocenters. The van der Waals surface area contributed by atoms with Gasteiger partial charge in [-0.05, 0) is 56.6 Å². The number of rotatable bonds is 11. The molecule has 0 bridgehead atoms. The zero-order valence-electron chi connectivity index (χ0n) is 18.5. The van der Waals surface area contributed by atoms with Crippen LogP contribution in [-0.2, 0) is 24.1 Å². The Balaban J connectivity index is 1.33. The Labute approximate surface area is 189 Å². The molecule has 6 heteroatoms. The average molecular weight is 434 g/mol. The van der Waals surface area contributed by atoms with Crippen LogP contribution in [-0.4, -0.2) is 28.0 Å². The van der Waals surface area contributed by atoms with Crippen LogP contribution in [0.4, 0.5) is 5.69 Å². The number of pyridine rings is 1. The second kappa shape index (κ2) is 12.0. The molecular formula is C26H31N3O3. The standard InChI is InChI=1S/C26H31N3O3/c1-27-21-16-14-20(15-17-21)25(30)29-24(26(31)32)12-6-4-2-3-5-10-22-18-13-19-9-7-8-11-23(19)28-22/h13-18,24H,2-12H2,(H,29,30)(H,31,32). The molecule has 1 aliphatic rings. The number of hydrogen-bond donors (Lipinski definition) is 2. The van der Waals surface area contributed by atoms with Crippen molar-refractivity contribution in [1.82, 2.24) is 10.3 Å². The van der Waals surface area contributed by atoms with Crippen molar-refractivity contribution in [3.05, 3.63) is 70.3 Å². The summed E-state index contributed by atoms with van der Waals surface area (Å²) in [7, 11) is 0. The molecule has 3 rings (SSSR count). The smallest absolute Gasteiger partial charge is 0.326 e. The third kappa shape index (κ3) is 6.91. The third-order valence-corrected chi connectivity index (χ3v) is 6.02. The Morgan fingerprint density at radius 2 is 1.72 bits per heavy atom. The fraction of sp³-hybridized carbons (Fsp3) is 0.462. The van der Waals surface area contributed by atoms with Crippen molar-refractivity contribution in [3.8, 4) is 0 Å². The zero-order chi connectivity index (χ0) is 22.8. The van der Waals surface area contributed by atoms with Gasteiger partial charge in [0.25, 0.3) is 5.91 Å². The molecule has 0 fully saturated rings. The minimum absolute atomic E-state index is 0.361. The zero-order valence-corrected chi connectivity index (χ0v) is 18.5. The van der Waals surface area contributed by atoms with E-state index in [9.17, 15) is 14.7 Å². The molecule has 1 aromatic heterocycles. The number of aliphatic carboxylic acids is 1. The fourth-order valence-corrected chi connectivity index (χ4v) is 4.14. The van der Waals surface area contributed by atoms with Gasteiger partial charge in [-0.2, -0.15) is 0 Å². The lowest BCUT2D eigenvalue weighted by Crippen LogP contribution is -2.40. The number of fused-ring (bicyclic) bond motifs is 1. The van der Waals surface area contributed by atoms with E-state index in [-0.39, 0.29) is 0 Å². The summed E-state index contributed by atoms with van der Waals surface area (Å²) >= 11 is 0. The van der Waals surface area contributed by atoms with Gasteiger partial charge >= 0.3 is 5.97 Å². The molecule has 1 heterocycles. The summed E-state index contributed by atoms with van der Waals surface area (Å²) in [5, 5.41) is 12.0. The van der Waals surface area contributed by atoms with Crippen LogP contribution in [0.2, 0.25) is 0 Å². The summed E-state index contributed by atoms with van der Waals surface area (Å²) in [6.07, 6.45) is 11.1. The largest absolute Gasteiger partial charge is 0.480 e. The molecule has 0 saturated carbocycles. The lowest BCUT2D eigenvalue weighted by Gasteiger charge is -2.15. The molecule has 0 radical (unpaired) electrons. The summed E-state index contributed by atoms with van der Waals surface area (Å²) in [5.41, 5.74) is 4.69. The van der Waals surface area contributed by atoms with Gasteiger partial charge in [0.1, 0.15) is 6.04 Å². The number of aryl methyl sites for hydroxylation is 3. The number of hydrogen-bond acceptors (Lipinski definition) is 3. The van der Waals surface area contributed by atoms with Crippen molar-refractivity contribution in [2.45, 2.75) is 76.7 Å². The van der Waals surface area contributed by atoms with E-state index in [1.807, 2.05) is 0 Å². The Morgan fingerprint density at radius 3 is 2.47 bits per heavy atom. The topological polar surface area (TPSA) is 83.7 Å². The van der Waals surface area contributed by atoms with Gasteiger partial charge in [0.05, 0.1) is 6.57 Å². The van der Waals surface area contributed by atoms with Crippen molar-refractivity contribution in [1.29, 1.82) is 0 Å². The summed E-state index contributed by atoms with van der Waals surface area (Å²) < 4.78 is 0. The molecular weight excluding hydrogens is 402 g/mol. The van der Waals surface area contributed by atoms with E-state index in [1.165, 1.54) is 29.8 Å². The highest BCUT2D eigenvalue weighted by Gasteiger charge is 2.20. The highest BCUT2D eigenvalue weighted by molar-refractivity contribution is 5.96. The van der Waals surface area contributed by atoms with Crippen molar-refractivity contribution in [3.63, 3.8) is 0 Å². The molecule has 2 aromatic rings. The molecule has 32 heavy (non-hydrogen) atoms. The van der Waals surface area contributed by atoms with E-state index in [4.69, 9.17) is 11.6 Å². The number of carbonyl (C=O) groups excluding carboxylic acids is 1. The van der Waals surface area contributed by atoms with Crippen LogP contribution < -0.4 is 5.32 Å². The molecule has 1 unspecified atom stereocenters. The second-order valence-corrected chi connectivity index (χ2v) is 8.44. The van der Waals surface area contributed by atoms with Crippen molar-refractivity contribution >= 4 is 17.6 Å². The van der Waals surface area contributed by atoms with Crippen LogP contribution in [0.15, 0.2) is 36.4 Å². The maximum absolute atomic E-state index is 12.3. The normalized spacial score (nSPS) is 13.6. The minimum Gasteiger partial charge on any atom is -0.480 e. The monoisotopic (exact) mass is 433 g/mol. The number of unbranched alkanes of at least 4 members (excludes halogenated alkanes) is 4. The van der Waals surface area contributed by atoms with Crippen LogP contribution in [0.25, 0.3) is 4.85 Å². The molecule has 1 aromatic carbocycles. The van der Waals surface area contributed by atoms with Gasteiger partial charge in [0.15, 0.2) is 5.69 Å². The van der Waals surface area contributed by atoms with Gasteiger partial charge in [-0.25, -0.2) is 9.64 Å². The molecule has 0 aliphatic heterocycles. The summed E-state index contributed by atoms with van der Waals surface area (Å²) in [4.78, 5) is 31.9. The molecule has 168 valence electrons. The predicted octanol–water partition coefficient (Wildman–Crippen LogP) is 5.28. The molecule has 1 amide bonds. The molecule has 2 N–H and O–H groups in total. The highest BCUT2D eigenvalue weighted by Crippen LogP contribution is 2.20. The Kier molecular flexibility index (Phi) is 8.79. The van der Waals surface area contributed by atoms with E-state index in [0.29, 0.717) is 17.7 Å². The van der Waals surface area contributed by atoms with Crippen LogP contribution in [0.1, 0.15) is 78.7 Å². The number of nitrogens with zero attached hydrogens (tertiary/aromatic N) is 2. The minimum atomic E-state index is -1.02. The van der Waals surface area contributed by atoms with Gasteiger partial charge in [-0.1, -0.05) is 56.0 Å². The van der Waals surface area contributed by atoms with Crippen LogP contribution in [0.3, 0.4) is 0 Å². The van der Waals surface area contributed by atoms with E-state index >= 15 is 0 Å². The van der Waals surface area contributed by atoms with E-state index < -0.39 is 17.9 Å². The van der Waals surface area contributed by atoms with Gasteiger partial charge in [-0.15, -0.1) is 0 Å². The lowest BCUT2D eigenvalue weighted by atomic mass is 9.95. The first-order valence-corrected chi connectivity index (χ1v) is 11.6. The number of carbonyl (C=O) groups is 2. The molecule has 0 spiro atoms. The number of carboxylic acid groups (broad SMARTS) is 1. The van der Waals surface area contributed by atoms with Crippen molar-refractivity contribution in [2.24, 2.45) is 0 Å². The van der Waals surface area contributed by atoms with E-state index in [0.717, 1.165) is 51.4 Å². The van der Waals surface area contributed by atoms with Crippen LogP contribution in [0.5, 0.6) is 0 Å². The highest BCUT2D eigenvalue weighted by atomic mass is 16.4. The lowest BCUT2D eigenvalue weighted by molar-refractivity contribution is -0.139. The maximum atomic E-state index is 12.3. The molecule has 1 aliphatic carbocycles. The molecule has 0 saturated heterocycles. The van der Waals surface area contributed by atoms with E-state index in [1.54, 1.807) is 24.3 Å². The average Bonchev–Trinajstić information content (AvgIpc) is 2.82. The first-order valence-electron chi connectivity index (χ1n) is 11.6. The quantitative estimate of drug-likeness (QED) is 0.373. The second-order valence-electron chi connectivity index (χ2n) is 8.44. The number of benzene rings is 1. The number of aromatic nitrogens is 1. The fourth-order valence-electron chi connectivity index (χ4n) is 4.14. The first kappa shape index (κ1) is 23.5. The van der Waals surface area contributed by atoms with Crippen LogP contribution in [0, 0.1) is 6.57 Å². The van der Waals surface area contributed by atoms with E-state index in [2.05, 4.69) is 22.3 Å². The van der Waals surface area contributed by atoms with Crippen molar-refractivity contribution < 1.29 is 14.7 Å². The van der Waals surface area contributed by atoms with Gasteiger partial charge in [0, 0.05) is 17.0 Å².